The van der Waals surface area contributed by atoms with E-state index in [2.05, 4.69) is 188 Å². The van der Waals surface area contributed by atoms with Gasteiger partial charge in [0.25, 0.3) is 22.6 Å². The van der Waals surface area contributed by atoms with E-state index in [4.69, 9.17) is 56.6 Å². The number of H-pyrrole nitrogens is 4. The Kier molecular flexibility index (Phi) is 38.2. The molecule has 4 aliphatic heterocycles. The van der Waals surface area contributed by atoms with Crippen LogP contribution in [0.3, 0.4) is 0 Å². The molecule has 1 aromatic carbocycles. The largest absolute Gasteiger partial charge is 0.490 e. The van der Waals surface area contributed by atoms with E-state index >= 15 is 0 Å². The fourth-order valence-corrected chi connectivity index (χ4v) is 12.9. The number of piperazine rings is 4. The molecule has 696 valence electrons. The van der Waals surface area contributed by atoms with Gasteiger partial charge in [0.1, 0.15) is 5.75 Å². The van der Waals surface area contributed by atoms with E-state index in [0.29, 0.717) is 92.6 Å². The van der Waals surface area contributed by atoms with Crippen LogP contribution in [0.4, 0.5) is 82.4 Å². The molecule has 14 N–H and O–H groups in total. The number of carboxylic acids is 4. The number of rotatable bonds is 14. The van der Waals surface area contributed by atoms with Gasteiger partial charge >= 0.3 is 66.1 Å². The average Bonchev–Trinajstić information content (AvgIpc) is 1.63. The Morgan fingerprint density at radius 1 is 0.457 bits per heavy atom. The summed E-state index contributed by atoms with van der Waals surface area (Å²) in [4.78, 5) is 156. The smallest absolute Gasteiger partial charge is 0.475 e. The van der Waals surface area contributed by atoms with Crippen LogP contribution in [0.2, 0.25) is 0 Å². The minimum atomic E-state index is -5.08. The molecule has 129 heavy (non-hydrogen) atoms. The highest BCUT2D eigenvalue weighted by Crippen LogP contribution is 2.32. The van der Waals surface area contributed by atoms with Crippen molar-refractivity contribution >= 4 is 128 Å². The van der Waals surface area contributed by atoms with Gasteiger partial charge in [0.05, 0.1) is 31.7 Å². The maximum atomic E-state index is 12.9. The first-order valence-corrected chi connectivity index (χ1v) is 39.7. The van der Waals surface area contributed by atoms with Gasteiger partial charge in [-0.15, -0.1) is 35.2 Å². The summed E-state index contributed by atoms with van der Waals surface area (Å²) >= 11 is 3.06. The average molecular weight is 1870 g/mol. The molecule has 0 unspecified atom stereocenters. The van der Waals surface area contributed by atoms with Crippen LogP contribution in [0.5, 0.6) is 11.8 Å². The number of benzene rings is 1. The monoisotopic (exact) mass is 1870 g/mol. The molecule has 4 fully saturated rings. The van der Waals surface area contributed by atoms with Gasteiger partial charge in [-0.3, -0.25) is 62.2 Å². The molecule has 13 rings (SSSR count). The number of imidazole rings is 4. The number of ether oxygens (including phenoxy) is 1. The maximum Gasteiger partial charge on any atom is 0.490 e. The number of carbonyl (C=O) groups excluding carboxylic acids is 1. The van der Waals surface area contributed by atoms with Crippen molar-refractivity contribution in [2.45, 2.75) is 134 Å². The van der Waals surface area contributed by atoms with Crippen LogP contribution in [-0.4, -0.2) is 268 Å². The third kappa shape index (κ3) is 30.9. The second-order valence-corrected chi connectivity index (χ2v) is 30.9. The lowest BCUT2D eigenvalue weighted by molar-refractivity contribution is -0.193. The summed E-state index contributed by atoms with van der Waals surface area (Å²) in [5.41, 5.74) is 7.69. The zero-order chi connectivity index (χ0) is 96.1. The number of anilines is 4. The molecule has 12 heterocycles. The fourth-order valence-electron chi connectivity index (χ4n) is 11.3. The normalized spacial score (nSPS) is 13.8. The first-order chi connectivity index (χ1) is 60.6. The molecule has 4 aliphatic rings. The minimum Gasteiger partial charge on any atom is -0.475 e. The van der Waals surface area contributed by atoms with Gasteiger partial charge in [0, 0.05) is 115 Å². The molecule has 4 saturated heterocycles. The highest BCUT2D eigenvalue weighted by molar-refractivity contribution is 8.00. The van der Waals surface area contributed by atoms with E-state index < -0.39 is 60.0 Å². The van der Waals surface area contributed by atoms with E-state index in [-0.39, 0.29) is 50.3 Å². The summed E-state index contributed by atoms with van der Waals surface area (Å²) in [6.07, 6.45) is -20.3. The van der Waals surface area contributed by atoms with E-state index in [1.165, 1.54) is 29.6 Å². The SMILES string of the molecule is CC#CCn1c(N2CCNCC2)nc2nc(Oc3ccccc3C(N)=O)[nH]c(=O)c21.CC#CCn1c(N2CCNCC2)nc2nc(SC(C)(C)C)[nH]c(=O)c21.CC#CCn1c(N2CCNCC2)nc2nc(SC(C)C)[nH]c(=O)c21.O=C(O)C(F)(F)F.O=C(O)C(F)(F)F.O=C(O)C(F)(F)F.O=C(O)C(F)(F)F.[C-]#[N+]c1nc2nc(N3CCNCC3)n(CC#CC)c2c(=O)[nH]1. The second kappa shape index (κ2) is 47.3. The van der Waals surface area contributed by atoms with Crippen molar-refractivity contribution < 1.29 is 102 Å². The molecule has 0 saturated carbocycles. The summed E-state index contributed by atoms with van der Waals surface area (Å²) < 4.78 is 140. The van der Waals surface area contributed by atoms with Crippen molar-refractivity contribution in [1.29, 1.82) is 0 Å². The third-order valence-electron chi connectivity index (χ3n) is 16.7. The number of nitrogens with two attached hydrogens (primary N) is 1. The van der Waals surface area contributed by atoms with E-state index in [1.54, 1.807) is 55.0 Å². The molecule has 0 atom stereocenters. The number of thioether (sulfide) groups is 2. The van der Waals surface area contributed by atoms with E-state index in [9.17, 15) is 76.7 Å². The predicted octanol–water partition coefficient (Wildman–Crippen LogP) is 5.58. The number of hydrogen-bond donors (Lipinski definition) is 13. The second-order valence-electron chi connectivity index (χ2n) is 27.5. The van der Waals surface area contributed by atoms with Crippen LogP contribution in [-0.2, 0) is 45.4 Å². The number of nitrogens with one attached hydrogen (secondary N) is 8. The summed E-state index contributed by atoms with van der Waals surface area (Å²) in [6, 6.07) is 6.40. The van der Waals surface area contributed by atoms with Gasteiger partial charge in [-0.1, -0.05) is 94.0 Å². The van der Waals surface area contributed by atoms with Crippen molar-refractivity contribution in [2.24, 2.45) is 5.73 Å². The van der Waals surface area contributed by atoms with Gasteiger partial charge in [-0.25, -0.2) is 29.1 Å². The molecule has 40 nitrogen and oxygen atoms in total. The van der Waals surface area contributed by atoms with Crippen molar-refractivity contribution in [1.82, 2.24) is 99.3 Å². The number of amides is 1. The number of primary amides is 1. The zero-order valence-corrected chi connectivity index (χ0v) is 71.6. The number of aromatic amines is 4. The van der Waals surface area contributed by atoms with Gasteiger partial charge in [-0.05, 0) is 39.8 Å². The molecule has 0 radical (unpaired) electrons. The summed E-state index contributed by atoms with van der Waals surface area (Å²) in [5, 5.41) is 43.3. The summed E-state index contributed by atoms with van der Waals surface area (Å²) in [5.74, 6) is 14.9. The maximum absolute atomic E-state index is 12.9. The number of aliphatic carboxylic acids is 4. The summed E-state index contributed by atoms with van der Waals surface area (Å²) in [6.45, 7) is 39.6. The summed E-state index contributed by atoms with van der Waals surface area (Å²) in [7, 11) is 0. The molecule has 9 aromatic rings. The van der Waals surface area contributed by atoms with E-state index in [1.807, 2.05) is 9.13 Å². The number of para-hydroxylation sites is 1. The van der Waals surface area contributed by atoms with Crippen LogP contribution >= 0.6 is 23.5 Å². The Hall–Kier alpha value is -13.6. The number of carboxylic acid groups (broad SMARTS) is 4. The Morgan fingerprint density at radius 2 is 0.736 bits per heavy atom. The van der Waals surface area contributed by atoms with E-state index in [0.717, 1.165) is 117 Å². The zero-order valence-electron chi connectivity index (χ0n) is 69.9. The fraction of sp³-hybridized carbons (Fsp3) is 0.467. The molecule has 0 bridgehead atoms. The molecule has 1 amide bonds. The van der Waals surface area contributed by atoms with Crippen LogP contribution in [0, 0.1) is 53.9 Å². The Bertz CT molecular complexity index is 5920. The quantitative estimate of drug-likeness (QED) is 0.0208. The Labute approximate surface area is 731 Å². The molecule has 0 aliphatic carbocycles. The topological polar surface area (TPSA) is 521 Å². The van der Waals surface area contributed by atoms with Crippen LogP contribution in [0.15, 0.2) is 53.8 Å². The highest BCUT2D eigenvalue weighted by Gasteiger charge is 2.41. The van der Waals surface area contributed by atoms with Crippen LogP contribution < -0.4 is 73.6 Å². The molecule has 0 spiro atoms. The minimum absolute atomic E-state index is 0.0404. The molecule has 54 heteroatoms. The molecule has 8 aromatic heterocycles. The third-order valence-corrected chi connectivity index (χ3v) is 18.6. The number of halogens is 12. The van der Waals surface area contributed by atoms with Crippen molar-refractivity contribution in [3.05, 3.63) is 82.7 Å². The van der Waals surface area contributed by atoms with Gasteiger partial charge < -0.3 is 76.6 Å². The van der Waals surface area contributed by atoms with Crippen molar-refractivity contribution in [2.75, 3.05) is 124 Å². The number of aromatic nitrogens is 16. The van der Waals surface area contributed by atoms with Crippen LogP contribution in [0.25, 0.3) is 49.5 Å². The number of alkyl halides is 12. The lowest BCUT2D eigenvalue weighted by Gasteiger charge is -2.28. The number of fused-ring (bicyclic) bond motifs is 4. The van der Waals surface area contributed by atoms with Crippen molar-refractivity contribution in [3.63, 3.8) is 0 Å². The predicted molar refractivity (Wildman–Crippen MR) is 449 cm³/mol. The Balaban J connectivity index is 0.000000242. The lowest BCUT2D eigenvalue weighted by atomic mass is 10.2. The van der Waals surface area contributed by atoms with Gasteiger partial charge in [0.15, 0.2) is 49.3 Å². The first-order valence-electron chi connectivity index (χ1n) is 38.0. The number of hydrogen-bond acceptors (Lipinski definition) is 28. The highest BCUT2D eigenvalue weighted by atomic mass is 32.2. The Morgan fingerprint density at radius 3 is 1.02 bits per heavy atom. The number of carbonyl (C=O) groups is 5. The number of nitrogens with zero attached hydrogens (tertiary/aromatic N) is 17. The standard InChI is InChI=1S/C20H21N7O3.C17H24N6OS.C16H22N6OS.C14H15N7O.4C2HF3O2/c1-2-3-10-27-15-17(24-20(27)26-11-8-22-9-12-26)23-19(25-18(15)29)30-14-7-5-4-6-13(14)16(21)28;1-5-6-9-23-12-13(20-16(23)22-10-7-18-8-11-22)19-15(21-14(12)24)25-17(2,3)4;1-4-5-8-22-12-13(18-15(20-14(12)23)24-11(2)3)19-16(22)21-9-6-17-7-10-21;1-3-4-7-21-10-11(17-13(15-2)19-12(10)22)18-14(21)20-8-5-16-6-9-20;4*3-2(4,5)1(6)7/h4-7,22H,8-12H2,1H3,(H2,21,28)(H,23,25,29);18H,7-11H2,1-4H3,(H,19,21,24);11,17H,6-10H2,1-3H3,(H,18,20,23);16H,5-9H2,1H3,(H,17,19,22);4*(H,6,7). The van der Waals surface area contributed by atoms with Crippen LogP contribution in [0.1, 0.15) is 72.7 Å². The van der Waals surface area contributed by atoms with Gasteiger partial charge in [-0.2, -0.15) is 77.6 Å². The lowest BCUT2D eigenvalue weighted by Crippen LogP contribution is -2.44. The van der Waals surface area contributed by atoms with Gasteiger partial charge in [0.2, 0.25) is 29.4 Å². The molecular formula is C75H86F12N26O14S2. The molecular weight excluding hydrogens is 1780 g/mol. The first kappa shape index (κ1) is 104. The van der Waals surface area contributed by atoms with Crippen molar-refractivity contribution in [3.8, 4) is 59.1 Å².